The smallest absolute Gasteiger partial charge is 0.257 e. The van der Waals surface area contributed by atoms with Crippen LogP contribution < -0.4 is 5.32 Å². The van der Waals surface area contributed by atoms with Crippen LogP contribution in [0.25, 0.3) is 0 Å². The average Bonchev–Trinajstić information content (AvgIpc) is 3.10. The van der Waals surface area contributed by atoms with Gasteiger partial charge < -0.3 is 10.1 Å². The number of nitrogens with zero attached hydrogens (tertiary/aromatic N) is 1. The third-order valence-electron chi connectivity index (χ3n) is 5.49. The lowest BCUT2D eigenvalue weighted by Gasteiger charge is -2.36. The van der Waals surface area contributed by atoms with Crippen molar-refractivity contribution in [2.75, 3.05) is 12.9 Å². The summed E-state index contributed by atoms with van der Waals surface area (Å²) in [6, 6.07) is 14.1. The first-order chi connectivity index (χ1) is 13.5. The topological polar surface area (TPSA) is 50.7 Å². The molecule has 1 saturated carbocycles. The number of benzene rings is 2. The molecule has 4 rings (SSSR count). The van der Waals surface area contributed by atoms with Crippen LogP contribution in [0.4, 0.5) is 4.39 Å². The van der Waals surface area contributed by atoms with E-state index in [9.17, 15) is 9.18 Å². The molecule has 28 heavy (non-hydrogen) atoms. The SMILES string of the molecule is COC1CC2CSC(NC(=O)c3ccccc3)=NC2(c2ccc(F)c(Br)c2)C1. The van der Waals surface area contributed by atoms with Crippen LogP contribution in [0.5, 0.6) is 0 Å². The van der Waals surface area contributed by atoms with Crippen molar-refractivity contribution in [3.05, 3.63) is 69.9 Å². The number of methoxy groups -OCH3 is 1. The zero-order valence-corrected chi connectivity index (χ0v) is 17.7. The molecule has 0 aromatic heterocycles. The Morgan fingerprint density at radius 1 is 1.32 bits per heavy atom. The van der Waals surface area contributed by atoms with Crippen molar-refractivity contribution in [2.24, 2.45) is 10.9 Å². The highest BCUT2D eigenvalue weighted by Gasteiger charge is 2.51. The van der Waals surface area contributed by atoms with Crippen LogP contribution in [0.2, 0.25) is 0 Å². The first-order valence-corrected chi connectivity index (χ1v) is 10.9. The normalized spacial score (nSPS) is 26.5. The number of ether oxygens (including phenoxy) is 1. The molecule has 2 aromatic rings. The van der Waals surface area contributed by atoms with Gasteiger partial charge in [-0.3, -0.25) is 9.79 Å². The number of carbonyl (C=O) groups excluding carboxylic acids is 1. The van der Waals surface area contributed by atoms with Crippen LogP contribution in [-0.4, -0.2) is 30.0 Å². The summed E-state index contributed by atoms with van der Waals surface area (Å²) in [6.45, 7) is 0. The van der Waals surface area contributed by atoms with Gasteiger partial charge in [0.1, 0.15) is 5.82 Å². The molecule has 0 radical (unpaired) electrons. The number of aliphatic imine (C=N–C) groups is 1. The summed E-state index contributed by atoms with van der Waals surface area (Å²) in [6.07, 6.45) is 1.68. The van der Waals surface area contributed by atoms with Crippen LogP contribution in [0, 0.1) is 11.7 Å². The Labute approximate surface area is 176 Å². The van der Waals surface area contributed by atoms with E-state index in [1.165, 1.54) is 6.07 Å². The molecule has 1 aliphatic heterocycles. The monoisotopic (exact) mass is 462 g/mol. The Morgan fingerprint density at radius 2 is 2.11 bits per heavy atom. The average molecular weight is 463 g/mol. The third-order valence-corrected chi connectivity index (χ3v) is 7.14. The second-order valence-electron chi connectivity index (χ2n) is 7.10. The third kappa shape index (κ3) is 3.63. The van der Waals surface area contributed by atoms with Crippen molar-refractivity contribution >= 4 is 38.8 Å². The van der Waals surface area contributed by atoms with Gasteiger partial charge in [-0.15, -0.1) is 0 Å². The number of fused-ring (bicyclic) bond motifs is 1. The van der Waals surface area contributed by atoms with Crippen LogP contribution >= 0.6 is 27.7 Å². The number of rotatable bonds is 3. The van der Waals surface area contributed by atoms with Crippen LogP contribution in [0.3, 0.4) is 0 Å². The van der Waals surface area contributed by atoms with Gasteiger partial charge in [0.25, 0.3) is 5.91 Å². The molecular formula is C21H20BrFN2O2S. The molecule has 1 fully saturated rings. The number of thioether (sulfide) groups is 1. The molecule has 1 heterocycles. The van der Waals surface area contributed by atoms with Crippen LogP contribution in [0.1, 0.15) is 28.8 Å². The molecule has 3 atom stereocenters. The van der Waals surface area contributed by atoms with Gasteiger partial charge in [-0.1, -0.05) is 36.0 Å². The molecule has 0 spiro atoms. The van der Waals surface area contributed by atoms with Crippen molar-refractivity contribution in [1.29, 1.82) is 0 Å². The quantitative estimate of drug-likeness (QED) is 0.716. The van der Waals surface area contributed by atoms with Crippen molar-refractivity contribution in [3.8, 4) is 0 Å². The molecule has 3 unspecified atom stereocenters. The van der Waals surface area contributed by atoms with E-state index in [1.807, 2.05) is 18.2 Å². The largest absolute Gasteiger partial charge is 0.381 e. The lowest BCUT2D eigenvalue weighted by molar-refractivity contribution is 0.0977. The van der Waals surface area contributed by atoms with Gasteiger partial charge in [-0.2, -0.15) is 0 Å². The van der Waals surface area contributed by atoms with Crippen molar-refractivity contribution < 1.29 is 13.9 Å². The zero-order chi connectivity index (χ0) is 19.7. The van der Waals surface area contributed by atoms with E-state index in [0.29, 0.717) is 21.6 Å². The zero-order valence-electron chi connectivity index (χ0n) is 15.3. The second kappa shape index (κ2) is 7.97. The predicted molar refractivity (Wildman–Crippen MR) is 113 cm³/mol. The maximum atomic E-state index is 13.8. The highest BCUT2D eigenvalue weighted by atomic mass is 79.9. The molecule has 1 amide bonds. The number of halogens is 2. The summed E-state index contributed by atoms with van der Waals surface area (Å²) < 4.78 is 19.9. The van der Waals surface area contributed by atoms with Crippen LogP contribution in [0.15, 0.2) is 58.0 Å². The fraction of sp³-hybridized carbons (Fsp3) is 0.333. The molecule has 0 saturated heterocycles. The van der Waals surface area contributed by atoms with E-state index >= 15 is 0 Å². The minimum atomic E-state index is -0.526. The Hall–Kier alpha value is -1.70. The first-order valence-electron chi connectivity index (χ1n) is 9.09. The number of amides is 1. The Bertz CT molecular complexity index is 924. The summed E-state index contributed by atoms with van der Waals surface area (Å²) in [7, 11) is 1.71. The second-order valence-corrected chi connectivity index (χ2v) is 8.96. The molecule has 2 aliphatic rings. The van der Waals surface area contributed by atoms with Gasteiger partial charge in [0.05, 0.1) is 16.1 Å². The molecule has 4 nitrogen and oxygen atoms in total. The standard InChI is InChI=1S/C21H20BrFN2O2S/c1-27-16-9-15-12-28-20(24-19(26)13-5-3-2-4-6-13)25-21(15,11-16)14-7-8-18(23)17(22)10-14/h2-8,10,15-16H,9,11-12H2,1H3,(H,24,25,26). The van der Waals surface area contributed by atoms with E-state index < -0.39 is 5.54 Å². The number of hydrogen-bond donors (Lipinski definition) is 1. The van der Waals surface area contributed by atoms with Gasteiger partial charge in [-0.05, 0) is 52.2 Å². The highest BCUT2D eigenvalue weighted by molar-refractivity contribution is 9.10. The molecule has 1 aliphatic carbocycles. The van der Waals surface area contributed by atoms with E-state index in [2.05, 4.69) is 21.2 Å². The maximum absolute atomic E-state index is 13.8. The summed E-state index contributed by atoms with van der Waals surface area (Å²) in [5, 5.41) is 3.55. The number of amidine groups is 1. The number of nitrogens with one attached hydrogen (secondary N) is 1. The van der Waals surface area contributed by atoms with Crippen molar-refractivity contribution in [2.45, 2.75) is 24.5 Å². The molecular weight excluding hydrogens is 443 g/mol. The fourth-order valence-corrected chi connectivity index (χ4v) is 5.57. The van der Waals surface area contributed by atoms with Gasteiger partial charge in [0.15, 0.2) is 5.17 Å². The van der Waals surface area contributed by atoms with Gasteiger partial charge >= 0.3 is 0 Å². The summed E-state index contributed by atoms with van der Waals surface area (Å²) in [5.41, 5.74) is 1.01. The Kier molecular flexibility index (Phi) is 5.58. The van der Waals surface area contributed by atoms with E-state index in [-0.39, 0.29) is 23.7 Å². The molecule has 7 heteroatoms. The number of carbonyl (C=O) groups is 1. The fourth-order valence-electron chi connectivity index (χ4n) is 4.03. The first kappa shape index (κ1) is 19.6. The van der Waals surface area contributed by atoms with Crippen molar-refractivity contribution in [1.82, 2.24) is 5.32 Å². The van der Waals surface area contributed by atoms with Crippen molar-refractivity contribution in [3.63, 3.8) is 0 Å². The lowest BCUT2D eigenvalue weighted by Crippen LogP contribution is -2.40. The summed E-state index contributed by atoms with van der Waals surface area (Å²) in [4.78, 5) is 17.6. The molecule has 146 valence electrons. The van der Waals surface area contributed by atoms with E-state index in [1.54, 1.807) is 43.1 Å². The van der Waals surface area contributed by atoms with Gasteiger partial charge in [0.2, 0.25) is 0 Å². The summed E-state index contributed by atoms with van der Waals surface area (Å²) in [5.74, 6) is 0.604. The number of hydrogen-bond acceptors (Lipinski definition) is 4. The minimum absolute atomic E-state index is 0.0855. The maximum Gasteiger partial charge on any atom is 0.257 e. The highest BCUT2D eigenvalue weighted by Crippen LogP contribution is 2.52. The minimum Gasteiger partial charge on any atom is -0.381 e. The molecule has 0 bridgehead atoms. The van der Waals surface area contributed by atoms with Gasteiger partial charge in [0, 0.05) is 30.8 Å². The molecule has 2 aromatic carbocycles. The van der Waals surface area contributed by atoms with E-state index in [4.69, 9.17) is 9.73 Å². The predicted octanol–water partition coefficient (Wildman–Crippen LogP) is 4.74. The lowest BCUT2D eigenvalue weighted by atomic mass is 9.81. The van der Waals surface area contributed by atoms with E-state index in [0.717, 1.165) is 17.7 Å². The Balaban J connectivity index is 1.70. The summed E-state index contributed by atoms with van der Waals surface area (Å²) >= 11 is 4.85. The molecule has 1 N–H and O–H groups in total. The Morgan fingerprint density at radius 3 is 2.82 bits per heavy atom. The van der Waals surface area contributed by atoms with Gasteiger partial charge in [-0.25, -0.2) is 4.39 Å². The van der Waals surface area contributed by atoms with Crippen LogP contribution in [-0.2, 0) is 10.3 Å².